The van der Waals surface area contributed by atoms with Gasteiger partial charge in [-0.2, -0.15) is 0 Å². The third-order valence-electron chi connectivity index (χ3n) is 5.51. The number of rotatable bonds is 6. The maximum atomic E-state index is 10.6. The minimum Gasteiger partial charge on any atom is -0.388 e. The highest BCUT2D eigenvalue weighted by molar-refractivity contribution is 5.70. The molecule has 1 fully saturated rings. The fourth-order valence-corrected chi connectivity index (χ4v) is 3.50. The molecule has 1 aromatic heterocycles. The Morgan fingerprint density at radius 3 is 2.15 bits per heavy atom. The molecule has 3 aromatic rings. The van der Waals surface area contributed by atoms with E-state index in [1.54, 1.807) is 6.08 Å². The Labute approximate surface area is 160 Å². The summed E-state index contributed by atoms with van der Waals surface area (Å²) in [6.07, 6.45) is 3.71. The maximum Gasteiger partial charge on any atom is 0.172 e. The Morgan fingerprint density at radius 2 is 1.59 bits per heavy atom. The summed E-state index contributed by atoms with van der Waals surface area (Å²) in [6.45, 7) is 7.57. The van der Waals surface area contributed by atoms with E-state index in [-0.39, 0.29) is 5.92 Å². The van der Waals surface area contributed by atoms with Gasteiger partial charge in [0.15, 0.2) is 5.76 Å². The van der Waals surface area contributed by atoms with Crippen LogP contribution in [0.15, 0.2) is 65.7 Å². The molecular formula is C24H25NO2. The van der Waals surface area contributed by atoms with Crippen molar-refractivity contribution in [3.05, 3.63) is 78.0 Å². The average Bonchev–Trinajstić information content (AvgIpc) is 3.49. The SMILES string of the molecule is C=CC(C)C(O)c1c(C)noc1-c1ccc(-c2ccc(C3CC3)cc2)cc1. The summed E-state index contributed by atoms with van der Waals surface area (Å²) in [6, 6.07) is 17.1. The summed E-state index contributed by atoms with van der Waals surface area (Å²) >= 11 is 0. The van der Waals surface area contributed by atoms with Crippen LogP contribution in [0.2, 0.25) is 0 Å². The van der Waals surface area contributed by atoms with E-state index in [1.165, 1.54) is 29.5 Å². The third-order valence-corrected chi connectivity index (χ3v) is 5.51. The lowest BCUT2D eigenvalue weighted by Crippen LogP contribution is -2.08. The van der Waals surface area contributed by atoms with E-state index >= 15 is 0 Å². The molecule has 1 heterocycles. The summed E-state index contributed by atoms with van der Waals surface area (Å²) in [5.74, 6) is 1.33. The molecule has 138 valence electrons. The number of benzene rings is 2. The van der Waals surface area contributed by atoms with Gasteiger partial charge in [0.1, 0.15) is 0 Å². The summed E-state index contributed by atoms with van der Waals surface area (Å²) in [5.41, 5.74) is 6.19. The van der Waals surface area contributed by atoms with Crippen molar-refractivity contribution in [3.63, 3.8) is 0 Å². The Morgan fingerprint density at radius 1 is 1.04 bits per heavy atom. The van der Waals surface area contributed by atoms with Gasteiger partial charge in [0.25, 0.3) is 0 Å². The molecule has 0 saturated heterocycles. The summed E-state index contributed by atoms with van der Waals surface area (Å²) < 4.78 is 5.55. The van der Waals surface area contributed by atoms with E-state index in [1.807, 2.05) is 26.0 Å². The molecule has 3 heteroatoms. The van der Waals surface area contributed by atoms with Crippen molar-refractivity contribution in [2.45, 2.75) is 38.7 Å². The number of nitrogens with zero attached hydrogens (tertiary/aromatic N) is 1. The van der Waals surface area contributed by atoms with Gasteiger partial charge in [-0.3, -0.25) is 0 Å². The van der Waals surface area contributed by atoms with Gasteiger partial charge in [0.2, 0.25) is 0 Å². The first kappa shape index (κ1) is 17.7. The molecule has 0 spiro atoms. The quantitative estimate of drug-likeness (QED) is 0.545. The van der Waals surface area contributed by atoms with Crippen molar-refractivity contribution >= 4 is 0 Å². The minimum atomic E-state index is -0.682. The fourth-order valence-electron chi connectivity index (χ4n) is 3.50. The van der Waals surface area contributed by atoms with Gasteiger partial charge in [-0.15, -0.1) is 6.58 Å². The van der Waals surface area contributed by atoms with Crippen LogP contribution in [0, 0.1) is 12.8 Å². The molecule has 0 amide bonds. The molecule has 2 atom stereocenters. The Kier molecular flexibility index (Phi) is 4.71. The Hall–Kier alpha value is -2.65. The molecule has 3 nitrogen and oxygen atoms in total. The normalized spacial score (nSPS) is 16.1. The molecule has 4 rings (SSSR count). The number of hydrogen-bond acceptors (Lipinski definition) is 3. The van der Waals surface area contributed by atoms with Crippen LogP contribution in [-0.2, 0) is 0 Å². The fraction of sp³-hybridized carbons (Fsp3) is 0.292. The van der Waals surface area contributed by atoms with Crippen molar-refractivity contribution in [2.75, 3.05) is 0 Å². The van der Waals surface area contributed by atoms with Crippen LogP contribution in [0.5, 0.6) is 0 Å². The summed E-state index contributed by atoms with van der Waals surface area (Å²) in [4.78, 5) is 0. The lowest BCUT2D eigenvalue weighted by atomic mass is 9.93. The highest BCUT2D eigenvalue weighted by Crippen LogP contribution is 2.40. The summed E-state index contributed by atoms with van der Waals surface area (Å²) in [5, 5.41) is 14.7. The van der Waals surface area contributed by atoms with Crippen molar-refractivity contribution in [2.24, 2.45) is 5.92 Å². The van der Waals surface area contributed by atoms with Crippen molar-refractivity contribution in [1.82, 2.24) is 5.16 Å². The number of aliphatic hydroxyl groups is 1. The predicted molar refractivity (Wildman–Crippen MR) is 108 cm³/mol. The highest BCUT2D eigenvalue weighted by atomic mass is 16.5. The largest absolute Gasteiger partial charge is 0.388 e. The van der Waals surface area contributed by atoms with Crippen LogP contribution in [0.3, 0.4) is 0 Å². The lowest BCUT2D eigenvalue weighted by molar-refractivity contribution is 0.139. The van der Waals surface area contributed by atoms with Gasteiger partial charge in [-0.05, 0) is 42.4 Å². The highest BCUT2D eigenvalue weighted by Gasteiger charge is 2.25. The third kappa shape index (κ3) is 3.47. The van der Waals surface area contributed by atoms with Crippen LogP contribution in [-0.4, -0.2) is 10.3 Å². The number of hydrogen-bond donors (Lipinski definition) is 1. The second-order valence-electron chi connectivity index (χ2n) is 7.52. The zero-order valence-electron chi connectivity index (χ0n) is 15.9. The lowest BCUT2D eigenvalue weighted by Gasteiger charge is -2.15. The molecule has 0 aliphatic heterocycles. The first-order chi connectivity index (χ1) is 13.1. The number of aryl methyl sites for hydroxylation is 1. The van der Waals surface area contributed by atoms with E-state index in [2.05, 4.69) is 48.1 Å². The van der Waals surface area contributed by atoms with Crippen LogP contribution in [0.25, 0.3) is 22.5 Å². The van der Waals surface area contributed by atoms with Crippen molar-refractivity contribution in [1.29, 1.82) is 0 Å². The molecule has 1 aliphatic carbocycles. The number of aromatic nitrogens is 1. The predicted octanol–water partition coefficient (Wildman–Crippen LogP) is 6.05. The molecule has 2 aromatic carbocycles. The van der Waals surface area contributed by atoms with Crippen molar-refractivity contribution < 1.29 is 9.63 Å². The Balaban J connectivity index is 1.62. The van der Waals surface area contributed by atoms with E-state index in [0.717, 1.165) is 17.0 Å². The Bertz CT molecular complexity index is 934. The van der Waals surface area contributed by atoms with Gasteiger partial charge in [0, 0.05) is 11.5 Å². The van der Waals surface area contributed by atoms with Gasteiger partial charge in [-0.1, -0.05) is 66.7 Å². The van der Waals surface area contributed by atoms with Crippen LogP contribution in [0.4, 0.5) is 0 Å². The molecular weight excluding hydrogens is 334 g/mol. The molecule has 27 heavy (non-hydrogen) atoms. The van der Waals surface area contributed by atoms with Gasteiger partial charge < -0.3 is 9.63 Å². The van der Waals surface area contributed by atoms with Crippen molar-refractivity contribution in [3.8, 4) is 22.5 Å². The zero-order chi connectivity index (χ0) is 19.0. The van der Waals surface area contributed by atoms with E-state index in [9.17, 15) is 5.11 Å². The standard InChI is InChI=1S/C24H25NO2/c1-4-15(2)23(26)22-16(3)25-27-24(22)21-13-11-20(12-14-21)19-9-7-18(8-10-19)17-5-6-17/h4,7-15,17,23,26H,1,5-6H2,2-3H3. The monoisotopic (exact) mass is 359 g/mol. The van der Waals surface area contributed by atoms with Gasteiger partial charge in [-0.25, -0.2) is 0 Å². The van der Waals surface area contributed by atoms with Crippen LogP contribution < -0.4 is 0 Å². The zero-order valence-corrected chi connectivity index (χ0v) is 15.9. The van der Waals surface area contributed by atoms with E-state index in [0.29, 0.717) is 11.5 Å². The second-order valence-corrected chi connectivity index (χ2v) is 7.52. The first-order valence-corrected chi connectivity index (χ1v) is 9.56. The van der Waals surface area contributed by atoms with Gasteiger partial charge >= 0.3 is 0 Å². The molecule has 2 unspecified atom stereocenters. The van der Waals surface area contributed by atoms with E-state index in [4.69, 9.17) is 4.52 Å². The number of aliphatic hydroxyl groups excluding tert-OH is 1. The molecule has 1 aliphatic rings. The second kappa shape index (κ2) is 7.16. The minimum absolute atomic E-state index is 0.0777. The average molecular weight is 359 g/mol. The summed E-state index contributed by atoms with van der Waals surface area (Å²) in [7, 11) is 0. The van der Waals surface area contributed by atoms with Crippen LogP contribution >= 0.6 is 0 Å². The molecule has 0 radical (unpaired) electrons. The van der Waals surface area contributed by atoms with Gasteiger partial charge in [0.05, 0.1) is 17.4 Å². The van der Waals surface area contributed by atoms with Crippen LogP contribution in [0.1, 0.15) is 48.6 Å². The molecule has 1 saturated carbocycles. The van der Waals surface area contributed by atoms with E-state index < -0.39 is 6.10 Å². The maximum absolute atomic E-state index is 10.6. The molecule has 0 bridgehead atoms. The molecule has 1 N–H and O–H groups in total. The smallest absolute Gasteiger partial charge is 0.172 e. The topological polar surface area (TPSA) is 46.3 Å². The first-order valence-electron chi connectivity index (χ1n) is 9.56.